The fourth-order valence-corrected chi connectivity index (χ4v) is 21.2. The number of ether oxygens (including phenoxy) is 1. The maximum atomic E-state index is 15.4. The zero-order valence-corrected chi connectivity index (χ0v) is 43.6. The number of hydrogen-bond donors (Lipinski definition) is 7. The van der Waals surface area contributed by atoms with Crippen LogP contribution in [-0.4, -0.2) is 91.1 Å². The molecule has 12 aliphatic rings. The molecule has 10 heteroatoms. The largest absolute Gasteiger partial charge is 0.454 e. The molecule has 11 aliphatic carbocycles. The van der Waals surface area contributed by atoms with E-state index in [0.717, 1.165) is 60.7 Å². The van der Waals surface area contributed by atoms with Gasteiger partial charge >= 0.3 is 5.97 Å². The molecule has 394 valence electrons. The van der Waals surface area contributed by atoms with Crippen molar-refractivity contribution in [3.63, 3.8) is 0 Å². The SMILES string of the molecule is CN[C@H]1Cc2c(cccc2CO)C#CCC[C@]23C[C@@H]4C#CC[C@@H](Cc5ccccc5)[C@@H]5CC[C@@]6(C5)C[C@]5(C=O)[C@@H]4[C@@](O)([C@@H](O)[C@H]4C[C@@H]([C@@H](C)C7CCCC7)CC[C@@H]([C@H]6O)[C@@]45O)[C@@]2(O)C[C@H]2C[C@@H]1[C@H]1OC(=O)C=C1[C@@H]23. The maximum absolute atomic E-state index is 15.4. The molecule has 14 rings (SSSR count). The Morgan fingerprint density at radius 1 is 0.865 bits per heavy atom. The fourth-order valence-electron chi connectivity index (χ4n) is 21.2. The highest BCUT2D eigenvalue weighted by Gasteiger charge is 2.88. The first-order valence-electron chi connectivity index (χ1n) is 29.0. The van der Waals surface area contributed by atoms with Gasteiger partial charge in [0.05, 0.1) is 29.8 Å². The highest BCUT2D eigenvalue weighted by molar-refractivity contribution is 5.86. The first-order valence-corrected chi connectivity index (χ1v) is 29.0. The van der Waals surface area contributed by atoms with Crippen molar-refractivity contribution in [2.24, 2.45) is 87.3 Å². The second-order valence-corrected chi connectivity index (χ2v) is 26.6. The molecule has 2 spiro atoms. The molecule has 2 aromatic carbocycles. The van der Waals surface area contributed by atoms with Gasteiger partial charge in [0.25, 0.3) is 0 Å². The third kappa shape index (κ3) is 6.64. The van der Waals surface area contributed by atoms with Crippen LogP contribution in [0.25, 0.3) is 0 Å². The Morgan fingerprint density at radius 2 is 1.68 bits per heavy atom. The van der Waals surface area contributed by atoms with E-state index in [0.29, 0.717) is 63.7 Å². The number of aliphatic hydroxyl groups is 6. The van der Waals surface area contributed by atoms with Crippen molar-refractivity contribution in [1.82, 2.24) is 5.32 Å². The molecule has 7 bridgehead atoms. The molecular formula is C64H79NO9. The van der Waals surface area contributed by atoms with E-state index in [1.807, 2.05) is 31.3 Å². The Kier molecular flexibility index (Phi) is 12.0. The number of aliphatic hydroxyl groups excluding tert-OH is 3. The summed E-state index contributed by atoms with van der Waals surface area (Å²) in [6.45, 7) is 2.18. The lowest BCUT2D eigenvalue weighted by molar-refractivity contribution is -0.390. The predicted octanol–water partition coefficient (Wildman–Crippen LogP) is 7.01. The molecule has 8 fully saturated rings. The van der Waals surface area contributed by atoms with Gasteiger partial charge in [-0.3, -0.25) is 0 Å². The predicted molar refractivity (Wildman–Crippen MR) is 278 cm³/mol. The summed E-state index contributed by atoms with van der Waals surface area (Å²) >= 11 is 0. The highest BCUT2D eigenvalue weighted by Crippen LogP contribution is 2.80. The van der Waals surface area contributed by atoms with Gasteiger partial charge in [-0.25, -0.2) is 4.79 Å². The van der Waals surface area contributed by atoms with Crippen LogP contribution >= 0.6 is 0 Å². The third-order valence-electron chi connectivity index (χ3n) is 24.2. The Bertz CT molecular complexity index is 2730. The highest BCUT2D eigenvalue weighted by atomic mass is 16.5. The second-order valence-electron chi connectivity index (χ2n) is 26.6. The first kappa shape index (κ1) is 49.7. The molecule has 1 heterocycles. The zero-order valence-electron chi connectivity index (χ0n) is 43.6. The molecule has 21 atom stereocenters. The van der Waals surface area contributed by atoms with E-state index < -0.39 is 86.9 Å². The average Bonchev–Trinajstić information content (AvgIpc) is 4.33. The van der Waals surface area contributed by atoms with Crippen molar-refractivity contribution in [1.29, 1.82) is 0 Å². The molecule has 74 heavy (non-hydrogen) atoms. The zero-order chi connectivity index (χ0) is 51.2. The first-order chi connectivity index (χ1) is 35.7. The average molecular weight is 1010 g/mol. The number of fused-ring (bicyclic) bond motifs is 5. The monoisotopic (exact) mass is 1010 g/mol. The van der Waals surface area contributed by atoms with Crippen molar-refractivity contribution in [3.8, 4) is 23.7 Å². The summed E-state index contributed by atoms with van der Waals surface area (Å²) in [5.74, 6) is 10.6. The quantitative estimate of drug-likeness (QED) is 0.0868. The van der Waals surface area contributed by atoms with Crippen LogP contribution in [0.15, 0.2) is 60.2 Å². The summed E-state index contributed by atoms with van der Waals surface area (Å²) in [5.41, 5.74) is -5.30. The molecule has 0 radical (unpaired) electrons. The summed E-state index contributed by atoms with van der Waals surface area (Å²) in [7, 11) is 1.92. The second kappa shape index (κ2) is 17.9. The molecule has 0 saturated heterocycles. The maximum Gasteiger partial charge on any atom is 0.331 e. The van der Waals surface area contributed by atoms with Gasteiger partial charge in [-0.1, -0.05) is 92.8 Å². The van der Waals surface area contributed by atoms with Crippen LogP contribution in [0.1, 0.15) is 138 Å². The van der Waals surface area contributed by atoms with Gasteiger partial charge in [0.2, 0.25) is 0 Å². The van der Waals surface area contributed by atoms with Gasteiger partial charge in [-0.05, 0) is 166 Å². The van der Waals surface area contributed by atoms with Crippen molar-refractivity contribution < 1.29 is 45.0 Å². The topological polar surface area (TPSA) is 177 Å². The standard InChI is InChI=1S/C64H79NO9/c1-37(39-14-6-7-15-39)41-21-22-50-57(69)59-25-23-43(31-59)42(26-38-12-4-3-5-13-38)18-11-19-44-32-60-24-9-8-16-40-17-10-20-45(34-66)47(40)29-52(65-2)48-27-46(54(60)49-30-53(68)74-55(48)49)33-62(60,71)64(73)56(44)61(35-59,36-67)63(50,72)51(28-41)58(64)70/h3-5,10,12-13,17,20,30,36-37,39,41-44,46,48,50-52,54-58,65-66,69-73H,6-7,9,14-15,18,21-29,31-35H2,1-2H3/t37-,41-,42-,43+,44-,46+,48-,50-,51+,52-,54+,55+,56+,57+,58-,59+,60+,61-,62+,63+,64+/m0/s1. The Hall–Kier alpha value is -3.84. The van der Waals surface area contributed by atoms with Gasteiger partial charge in [-0.15, -0.1) is 5.92 Å². The van der Waals surface area contributed by atoms with E-state index in [4.69, 9.17) is 4.74 Å². The number of rotatable bonds is 7. The lowest BCUT2D eigenvalue weighted by Gasteiger charge is -2.75. The van der Waals surface area contributed by atoms with Crippen molar-refractivity contribution in [2.45, 2.75) is 177 Å². The molecule has 0 unspecified atom stereocenters. The molecule has 0 amide bonds. The summed E-state index contributed by atoms with van der Waals surface area (Å²) in [6, 6.07) is 16.2. The van der Waals surface area contributed by atoms with Crippen LogP contribution in [0.3, 0.4) is 0 Å². The van der Waals surface area contributed by atoms with Gasteiger partial charge < -0.3 is 45.5 Å². The summed E-state index contributed by atoms with van der Waals surface area (Å²) < 4.78 is 6.41. The number of likely N-dealkylation sites (N-methyl/N-ethyl adjacent to an activating group) is 1. The van der Waals surface area contributed by atoms with E-state index >= 15 is 9.90 Å². The van der Waals surface area contributed by atoms with Crippen molar-refractivity contribution >= 4 is 12.3 Å². The summed E-state index contributed by atoms with van der Waals surface area (Å²) in [6.07, 6.45) is 11.4. The number of benzene rings is 2. The Balaban J connectivity index is 1.04. The van der Waals surface area contributed by atoms with Crippen LogP contribution in [-0.2, 0) is 33.8 Å². The van der Waals surface area contributed by atoms with Gasteiger partial charge in [0.1, 0.15) is 23.6 Å². The number of hydrogen-bond acceptors (Lipinski definition) is 10. The van der Waals surface area contributed by atoms with Crippen LogP contribution in [0, 0.1) is 111 Å². The van der Waals surface area contributed by atoms with E-state index in [-0.39, 0.29) is 67.4 Å². The molecule has 1 aliphatic heterocycles. The Labute approximate surface area is 437 Å². The van der Waals surface area contributed by atoms with E-state index in [1.54, 1.807) is 6.08 Å². The van der Waals surface area contributed by atoms with Crippen molar-refractivity contribution in [3.05, 3.63) is 82.4 Å². The number of nitrogens with one attached hydrogen (secondary N) is 1. The lowest BCUT2D eigenvalue weighted by atomic mass is 9.31. The summed E-state index contributed by atoms with van der Waals surface area (Å²) in [5, 5.41) is 86.1. The normalized spacial score (nSPS) is 47.9. The van der Waals surface area contributed by atoms with E-state index in [2.05, 4.69) is 60.2 Å². The van der Waals surface area contributed by atoms with Gasteiger partial charge in [0, 0.05) is 65.5 Å². The molecular weight excluding hydrogens is 927 g/mol. The fraction of sp³-hybridized carbons (Fsp3) is 0.688. The smallest absolute Gasteiger partial charge is 0.331 e. The number of aldehydes is 1. The molecule has 2 aromatic rings. The summed E-state index contributed by atoms with van der Waals surface area (Å²) in [4.78, 5) is 29.3. The van der Waals surface area contributed by atoms with E-state index in [9.17, 15) is 30.3 Å². The van der Waals surface area contributed by atoms with Crippen LogP contribution in [0.5, 0.6) is 0 Å². The molecule has 0 aromatic heterocycles. The number of carbonyl (C=O) groups excluding carboxylic acids is 2. The lowest BCUT2D eigenvalue weighted by Crippen LogP contribution is -2.87. The van der Waals surface area contributed by atoms with Gasteiger partial charge in [-0.2, -0.15) is 0 Å². The third-order valence-corrected chi connectivity index (χ3v) is 24.2. The molecule has 10 nitrogen and oxygen atoms in total. The minimum absolute atomic E-state index is 0.0528. The van der Waals surface area contributed by atoms with E-state index in [1.165, 1.54) is 18.4 Å². The number of carbonyl (C=O) groups is 2. The minimum atomic E-state index is -2.35. The van der Waals surface area contributed by atoms with Crippen LogP contribution in [0.4, 0.5) is 0 Å². The van der Waals surface area contributed by atoms with Crippen molar-refractivity contribution in [2.75, 3.05) is 7.05 Å². The van der Waals surface area contributed by atoms with Gasteiger partial charge in [0.15, 0.2) is 0 Å². The molecule has 8 saturated carbocycles. The number of esters is 1. The Morgan fingerprint density at radius 3 is 2.45 bits per heavy atom. The molecule has 7 N–H and O–H groups in total. The van der Waals surface area contributed by atoms with Crippen LogP contribution in [0.2, 0.25) is 0 Å². The minimum Gasteiger partial charge on any atom is -0.454 e. The van der Waals surface area contributed by atoms with Crippen LogP contribution < -0.4 is 5.32 Å².